The Balaban J connectivity index is 2.13. The molecule has 0 aliphatic carbocycles. The molecule has 4 heteroatoms. The zero-order chi connectivity index (χ0) is 15.8. The van der Waals surface area contributed by atoms with Crippen LogP contribution in [0, 0.1) is 0 Å². The van der Waals surface area contributed by atoms with Crippen LogP contribution in [-0.2, 0) is 0 Å². The van der Waals surface area contributed by atoms with Gasteiger partial charge < -0.3 is 0 Å². The highest BCUT2D eigenvalue weighted by Gasteiger charge is 2.19. The number of aromatic nitrogens is 3. The van der Waals surface area contributed by atoms with Gasteiger partial charge in [0.1, 0.15) is 0 Å². The Kier molecular flexibility index (Phi) is 1.97. The highest BCUT2D eigenvalue weighted by atomic mass is 16.1. The molecule has 0 bridgehead atoms. The first kappa shape index (κ1) is 12.1. The van der Waals surface area contributed by atoms with Gasteiger partial charge in [0, 0.05) is 10.8 Å². The molecule has 3 aromatic carbocycles. The predicted molar refractivity (Wildman–Crippen MR) is 96.1 cm³/mol. The molecular formula is C20H11N3O. The van der Waals surface area contributed by atoms with E-state index in [0.717, 1.165) is 38.2 Å². The SMILES string of the molecule is O=c1c2cccc3c4ccccc4n(c23)c2nc3ccccc3n12. The van der Waals surface area contributed by atoms with Gasteiger partial charge in [-0.3, -0.25) is 9.20 Å². The lowest BCUT2D eigenvalue weighted by Gasteiger charge is -2.04. The summed E-state index contributed by atoms with van der Waals surface area (Å²) in [6, 6.07) is 21.9. The minimum Gasteiger partial charge on any atom is -0.278 e. The molecule has 0 unspecified atom stereocenters. The van der Waals surface area contributed by atoms with E-state index in [1.807, 2.05) is 48.5 Å². The van der Waals surface area contributed by atoms with Gasteiger partial charge in [-0.25, -0.2) is 9.38 Å². The summed E-state index contributed by atoms with van der Waals surface area (Å²) in [7, 11) is 0. The van der Waals surface area contributed by atoms with E-state index in [2.05, 4.69) is 22.6 Å². The van der Waals surface area contributed by atoms with Crippen molar-refractivity contribution < 1.29 is 0 Å². The van der Waals surface area contributed by atoms with Gasteiger partial charge in [-0.2, -0.15) is 0 Å². The summed E-state index contributed by atoms with van der Waals surface area (Å²) < 4.78 is 3.84. The van der Waals surface area contributed by atoms with Crippen molar-refractivity contribution in [1.29, 1.82) is 0 Å². The summed E-state index contributed by atoms with van der Waals surface area (Å²) in [6.07, 6.45) is 0. The van der Waals surface area contributed by atoms with Gasteiger partial charge in [0.15, 0.2) is 0 Å². The third kappa shape index (κ3) is 1.22. The Bertz CT molecular complexity index is 1470. The Labute approximate surface area is 135 Å². The maximum atomic E-state index is 13.2. The maximum Gasteiger partial charge on any atom is 0.267 e. The summed E-state index contributed by atoms with van der Waals surface area (Å²) in [5.41, 5.74) is 3.69. The third-order valence-electron chi connectivity index (χ3n) is 4.87. The normalized spacial score (nSPS) is 12.3. The molecule has 112 valence electrons. The molecule has 0 spiro atoms. The Morgan fingerprint density at radius 1 is 0.667 bits per heavy atom. The van der Waals surface area contributed by atoms with Crippen LogP contribution >= 0.6 is 0 Å². The molecule has 0 radical (unpaired) electrons. The van der Waals surface area contributed by atoms with E-state index in [-0.39, 0.29) is 5.56 Å². The molecule has 0 aliphatic rings. The van der Waals surface area contributed by atoms with Gasteiger partial charge in [-0.15, -0.1) is 0 Å². The number of para-hydroxylation sites is 4. The fourth-order valence-corrected chi connectivity index (χ4v) is 3.88. The standard InChI is InChI=1S/C20H11N3O/c24-19-14-8-5-7-13-12-6-1-3-10-16(12)22(18(13)14)20-21-15-9-2-4-11-17(15)23(19)20/h1-11H. The quantitative estimate of drug-likeness (QED) is 0.427. The number of hydrogen-bond acceptors (Lipinski definition) is 2. The topological polar surface area (TPSA) is 38.8 Å². The number of nitrogens with zero attached hydrogens (tertiary/aromatic N) is 3. The lowest BCUT2D eigenvalue weighted by Crippen LogP contribution is -2.15. The summed E-state index contributed by atoms with van der Waals surface area (Å²) >= 11 is 0. The van der Waals surface area contributed by atoms with Crippen molar-refractivity contribution in [1.82, 2.24) is 13.8 Å². The van der Waals surface area contributed by atoms with Crippen molar-refractivity contribution in [3.8, 4) is 0 Å². The van der Waals surface area contributed by atoms with Crippen LogP contribution in [0.2, 0.25) is 0 Å². The number of hydrogen-bond donors (Lipinski definition) is 0. The van der Waals surface area contributed by atoms with Gasteiger partial charge in [0.05, 0.1) is 27.5 Å². The van der Waals surface area contributed by atoms with E-state index in [1.54, 1.807) is 4.40 Å². The molecule has 0 saturated carbocycles. The predicted octanol–water partition coefficient (Wildman–Crippen LogP) is 3.84. The number of imidazole rings is 1. The average Bonchev–Trinajstić information content (AvgIpc) is 3.16. The molecule has 0 atom stereocenters. The summed E-state index contributed by atoms with van der Waals surface area (Å²) in [4.78, 5) is 17.9. The minimum absolute atomic E-state index is 0.0143. The first-order valence-electron chi connectivity index (χ1n) is 7.89. The fraction of sp³-hybridized carbons (Fsp3) is 0. The molecule has 3 heterocycles. The largest absolute Gasteiger partial charge is 0.278 e. The van der Waals surface area contributed by atoms with Crippen LogP contribution in [0.15, 0.2) is 71.5 Å². The Morgan fingerprint density at radius 2 is 1.38 bits per heavy atom. The van der Waals surface area contributed by atoms with E-state index < -0.39 is 0 Å². The highest BCUT2D eigenvalue weighted by molar-refractivity contribution is 6.14. The van der Waals surface area contributed by atoms with Gasteiger partial charge in [0.25, 0.3) is 5.56 Å². The second-order valence-electron chi connectivity index (χ2n) is 6.10. The molecule has 3 aromatic heterocycles. The van der Waals surface area contributed by atoms with Gasteiger partial charge in [-0.1, -0.05) is 42.5 Å². The molecule has 0 saturated heterocycles. The van der Waals surface area contributed by atoms with Crippen molar-refractivity contribution in [2.24, 2.45) is 0 Å². The third-order valence-corrected chi connectivity index (χ3v) is 4.87. The van der Waals surface area contributed by atoms with Crippen LogP contribution in [0.1, 0.15) is 0 Å². The molecule has 6 rings (SSSR count). The second kappa shape index (κ2) is 3.92. The van der Waals surface area contributed by atoms with Crippen molar-refractivity contribution in [3.05, 3.63) is 77.1 Å². The first-order valence-corrected chi connectivity index (χ1v) is 7.89. The molecule has 6 aromatic rings. The van der Waals surface area contributed by atoms with Gasteiger partial charge in [0.2, 0.25) is 5.78 Å². The molecular weight excluding hydrogens is 298 g/mol. The number of rotatable bonds is 0. The van der Waals surface area contributed by atoms with Crippen molar-refractivity contribution >= 4 is 44.0 Å². The lowest BCUT2D eigenvalue weighted by molar-refractivity contribution is 1.08. The van der Waals surface area contributed by atoms with Crippen molar-refractivity contribution in [2.45, 2.75) is 0 Å². The highest BCUT2D eigenvalue weighted by Crippen LogP contribution is 2.32. The summed E-state index contributed by atoms with van der Waals surface area (Å²) in [5.74, 6) is 0.672. The van der Waals surface area contributed by atoms with Crippen molar-refractivity contribution in [3.63, 3.8) is 0 Å². The smallest absolute Gasteiger partial charge is 0.267 e. The van der Waals surface area contributed by atoms with Crippen LogP contribution in [0.25, 0.3) is 44.0 Å². The van der Waals surface area contributed by atoms with E-state index in [9.17, 15) is 4.79 Å². The maximum absolute atomic E-state index is 13.2. The van der Waals surface area contributed by atoms with Crippen molar-refractivity contribution in [2.75, 3.05) is 0 Å². The molecule has 0 aliphatic heterocycles. The summed E-state index contributed by atoms with van der Waals surface area (Å²) in [5, 5.41) is 2.96. The van der Waals surface area contributed by atoms with Gasteiger partial charge in [-0.05, 0) is 24.3 Å². The Morgan fingerprint density at radius 3 is 2.29 bits per heavy atom. The van der Waals surface area contributed by atoms with Crippen LogP contribution in [0.3, 0.4) is 0 Å². The van der Waals surface area contributed by atoms with Crippen LogP contribution in [0.4, 0.5) is 0 Å². The summed E-state index contributed by atoms with van der Waals surface area (Å²) in [6.45, 7) is 0. The first-order chi connectivity index (χ1) is 11.8. The average molecular weight is 309 g/mol. The molecule has 0 amide bonds. The zero-order valence-corrected chi connectivity index (χ0v) is 12.6. The molecule has 0 N–H and O–H groups in total. The van der Waals surface area contributed by atoms with Crippen LogP contribution in [0.5, 0.6) is 0 Å². The minimum atomic E-state index is -0.0143. The Hall–Kier alpha value is -3.40. The van der Waals surface area contributed by atoms with E-state index in [4.69, 9.17) is 4.98 Å². The molecule has 4 nitrogen and oxygen atoms in total. The lowest BCUT2D eigenvalue weighted by atomic mass is 10.1. The second-order valence-corrected chi connectivity index (χ2v) is 6.10. The monoisotopic (exact) mass is 309 g/mol. The molecule has 24 heavy (non-hydrogen) atoms. The molecule has 0 fully saturated rings. The zero-order valence-electron chi connectivity index (χ0n) is 12.6. The van der Waals surface area contributed by atoms with Crippen LogP contribution < -0.4 is 5.56 Å². The van der Waals surface area contributed by atoms with E-state index in [1.165, 1.54) is 0 Å². The van der Waals surface area contributed by atoms with E-state index in [0.29, 0.717) is 5.78 Å². The fourth-order valence-electron chi connectivity index (χ4n) is 3.88. The number of benzene rings is 3. The van der Waals surface area contributed by atoms with E-state index >= 15 is 0 Å². The van der Waals surface area contributed by atoms with Crippen LogP contribution in [-0.4, -0.2) is 13.8 Å². The van der Waals surface area contributed by atoms with Gasteiger partial charge >= 0.3 is 0 Å². The number of fused-ring (bicyclic) bond motifs is 7.